The highest BCUT2D eigenvalue weighted by molar-refractivity contribution is 5.81. The molecular weight excluding hydrogens is 286 g/mol. The predicted octanol–water partition coefficient (Wildman–Crippen LogP) is 3.28. The van der Waals surface area contributed by atoms with Gasteiger partial charge < -0.3 is 10.2 Å². The third kappa shape index (κ3) is 4.04. The average Bonchev–Trinajstić information content (AvgIpc) is 2.47. The van der Waals surface area contributed by atoms with E-state index in [4.69, 9.17) is 0 Å². The largest absolute Gasteiger partial charge is 0.365 e. The van der Waals surface area contributed by atoms with Crippen molar-refractivity contribution >= 4 is 11.6 Å². The number of hydrogen-bond acceptors (Lipinski definition) is 2. The smallest absolute Gasteiger partial charge is 0.239 e. The van der Waals surface area contributed by atoms with Gasteiger partial charge in [-0.1, -0.05) is 24.3 Å². The molecule has 0 fully saturated rings. The number of nitrogens with zero attached hydrogens (tertiary/aromatic N) is 1. The molecule has 5 heteroatoms. The third-order valence-electron chi connectivity index (χ3n) is 3.38. The molecule has 0 heterocycles. The lowest BCUT2D eigenvalue weighted by molar-refractivity contribution is -0.120. The molecule has 2 rings (SSSR count). The van der Waals surface area contributed by atoms with Crippen molar-refractivity contribution in [1.82, 2.24) is 5.32 Å². The Balaban J connectivity index is 1.96. The lowest BCUT2D eigenvalue weighted by atomic mass is 10.1. The highest BCUT2D eigenvalue weighted by Gasteiger charge is 2.15. The number of halogens is 2. The van der Waals surface area contributed by atoms with Crippen LogP contribution in [0.2, 0.25) is 0 Å². The minimum absolute atomic E-state index is 0.150. The van der Waals surface area contributed by atoms with E-state index < -0.39 is 17.7 Å². The molecule has 1 N–H and O–H groups in total. The maximum atomic E-state index is 13.7. The van der Waals surface area contributed by atoms with Crippen LogP contribution in [0.1, 0.15) is 18.5 Å². The molecule has 0 aliphatic heterocycles. The standard InChI is InChI=1S/C17H18F2N2O/c1-12(15-9-8-13(18)10-16(15)19)20-17(22)11-21(2)14-6-4-3-5-7-14/h3-10,12H,11H2,1-2H3,(H,20,22)/t12-/m1/s1. The SMILES string of the molecule is C[C@@H](NC(=O)CN(C)c1ccccc1)c1ccc(F)cc1F. The van der Waals surface area contributed by atoms with Crippen LogP contribution in [0, 0.1) is 11.6 Å². The monoisotopic (exact) mass is 304 g/mol. The van der Waals surface area contributed by atoms with E-state index in [1.807, 2.05) is 30.3 Å². The van der Waals surface area contributed by atoms with Gasteiger partial charge in [-0.3, -0.25) is 4.79 Å². The van der Waals surface area contributed by atoms with Crippen molar-refractivity contribution < 1.29 is 13.6 Å². The minimum Gasteiger partial charge on any atom is -0.365 e. The second kappa shape index (κ2) is 7.02. The van der Waals surface area contributed by atoms with Crippen LogP contribution in [-0.2, 0) is 4.79 Å². The molecule has 0 bridgehead atoms. The Morgan fingerprint density at radius 2 is 1.86 bits per heavy atom. The number of para-hydroxylation sites is 1. The minimum atomic E-state index is -0.663. The summed E-state index contributed by atoms with van der Waals surface area (Å²) < 4.78 is 26.6. The van der Waals surface area contributed by atoms with E-state index in [1.54, 1.807) is 18.9 Å². The van der Waals surface area contributed by atoms with Gasteiger partial charge in [0.15, 0.2) is 0 Å². The quantitative estimate of drug-likeness (QED) is 0.919. The van der Waals surface area contributed by atoms with E-state index in [0.717, 1.165) is 11.8 Å². The first kappa shape index (κ1) is 15.9. The van der Waals surface area contributed by atoms with Crippen LogP contribution in [0.25, 0.3) is 0 Å². The van der Waals surface area contributed by atoms with Crippen LogP contribution >= 0.6 is 0 Å². The fourth-order valence-electron chi connectivity index (χ4n) is 2.21. The molecular formula is C17H18F2N2O. The number of carbonyl (C=O) groups is 1. The van der Waals surface area contributed by atoms with Gasteiger partial charge in [-0.15, -0.1) is 0 Å². The Kier molecular flexibility index (Phi) is 5.09. The highest BCUT2D eigenvalue weighted by atomic mass is 19.1. The molecule has 0 unspecified atom stereocenters. The third-order valence-corrected chi connectivity index (χ3v) is 3.38. The van der Waals surface area contributed by atoms with Gasteiger partial charge in [0.25, 0.3) is 0 Å². The molecule has 0 saturated carbocycles. The van der Waals surface area contributed by atoms with Gasteiger partial charge >= 0.3 is 0 Å². The fraction of sp³-hybridized carbons (Fsp3) is 0.235. The summed E-state index contributed by atoms with van der Waals surface area (Å²) in [6, 6.07) is 12.3. The van der Waals surface area contributed by atoms with Crippen LogP contribution in [-0.4, -0.2) is 19.5 Å². The zero-order valence-corrected chi connectivity index (χ0v) is 12.5. The number of benzene rings is 2. The Hall–Kier alpha value is -2.43. The predicted molar refractivity (Wildman–Crippen MR) is 82.6 cm³/mol. The molecule has 2 aromatic rings. The topological polar surface area (TPSA) is 32.3 Å². The van der Waals surface area contributed by atoms with Crippen molar-refractivity contribution in [2.75, 3.05) is 18.5 Å². The van der Waals surface area contributed by atoms with Crippen molar-refractivity contribution in [3.8, 4) is 0 Å². The zero-order chi connectivity index (χ0) is 16.1. The van der Waals surface area contributed by atoms with E-state index in [9.17, 15) is 13.6 Å². The first-order chi connectivity index (χ1) is 10.5. The fourth-order valence-corrected chi connectivity index (χ4v) is 2.21. The molecule has 0 aromatic heterocycles. The second-order valence-electron chi connectivity index (χ2n) is 5.15. The van der Waals surface area contributed by atoms with E-state index in [1.165, 1.54) is 12.1 Å². The molecule has 2 aromatic carbocycles. The molecule has 0 aliphatic carbocycles. The Labute approximate surface area is 128 Å². The molecule has 3 nitrogen and oxygen atoms in total. The Morgan fingerprint density at radius 3 is 2.50 bits per heavy atom. The average molecular weight is 304 g/mol. The summed E-state index contributed by atoms with van der Waals surface area (Å²) in [7, 11) is 1.80. The van der Waals surface area contributed by atoms with Gasteiger partial charge in [0.2, 0.25) is 5.91 Å². The summed E-state index contributed by atoms with van der Waals surface area (Å²) in [6.07, 6.45) is 0. The lowest BCUT2D eigenvalue weighted by Gasteiger charge is -2.21. The molecule has 0 saturated heterocycles. The lowest BCUT2D eigenvalue weighted by Crippen LogP contribution is -2.36. The molecule has 116 valence electrons. The van der Waals surface area contributed by atoms with Gasteiger partial charge in [-0.25, -0.2) is 8.78 Å². The summed E-state index contributed by atoms with van der Waals surface area (Å²) in [5.41, 5.74) is 1.18. The van der Waals surface area contributed by atoms with Gasteiger partial charge in [-0.2, -0.15) is 0 Å². The molecule has 22 heavy (non-hydrogen) atoms. The zero-order valence-electron chi connectivity index (χ0n) is 12.5. The summed E-state index contributed by atoms with van der Waals surface area (Å²) in [4.78, 5) is 13.8. The van der Waals surface area contributed by atoms with Crippen LogP contribution in [0.15, 0.2) is 48.5 Å². The number of carbonyl (C=O) groups excluding carboxylic acids is 1. The van der Waals surface area contributed by atoms with Crippen molar-refractivity contribution in [2.45, 2.75) is 13.0 Å². The van der Waals surface area contributed by atoms with E-state index >= 15 is 0 Å². The maximum absolute atomic E-state index is 13.7. The van der Waals surface area contributed by atoms with E-state index in [-0.39, 0.29) is 18.0 Å². The number of anilines is 1. The summed E-state index contributed by atoms with van der Waals surface area (Å²) in [6.45, 7) is 1.81. The van der Waals surface area contributed by atoms with E-state index in [0.29, 0.717) is 0 Å². The van der Waals surface area contributed by atoms with Crippen molar-refractivity contribution in [3.05, 3.63) is 65.7 Å². The summed E-state index contributed by atoms with van der Waals surface area (Å²) in [5, 5.41) is 2.71. The van der Waals surface area contributed by atoms with Gasteiger partial charge in [0.1, 0.15) is 11.6 Å². The van der Waals surface area contributed by atoms with Crippen molar-refractivity contribution in [1.29, 1.82) is 0 Å². The Bertz CT molecular complexity index is 646. The van der Waals surface area contributed by atoms with Crippen LogP contribution in [0.3, 0.4) is 0 Å². The number of likely N-dealkylation sites (N-methyl/N-ethyl adjacent to an activating group) is 1. The summed E-state index contributed by atoms with van der Waals surface area (Å²) in [5.74, 6) is -1.53. The highest BCUT2D eigenvalue weighted by Crippen LogP contribution is 2.18. The summed E-state index contributed by atoms with van der Waals surface area (Å²) >= 11 is 0. The molecule has 0 radical (unpaired) electrons. The van der Waals surface area contributed by atoms with Crippen LogP contribution in [0.5, 0.6) is 0 Å². The second-order valence-corrected chi connectivity index (χ2v) is 5.15. The number of nitrogens with one attached hydrogen (secondary N) is 1. The number of hydrogen-bond donors (Lipinski definition) is 1. The Morgan fingerprint density at radius 1 is 1.18 bits per heavy atom. The normalized spacial score (nSPS) is 11.8. The van der Waals surface area contributed by atoms with Crippen LogP contribution in [0.4, 0.5) is 14.5 Å². The first-order valence-corrected chi connectivity index (χ1v) is 6.98. The van der Waals surface area contributed by atoms with Gasteiger partial charge in [-0.05, 0) is 25.1 Å². The molecule has 0 aliphatic rings. The molecule has 1 atom stereocenters. The van der Waals surface area contributed by atoms with Crippen molar-refractivity contribution in [3.63, 3.8) is 0 Å². The van der Waals surface area contributed by atoms with Gasteiger partial charge in [0, 0.05) is 24.4 Å². The number of amides is 1. The first-order valence-electron chi connectivity index (χ1n) is 6.98. The van der Waals surface area contributed by atoms with E-state index in [2.05, 4.69) is 5.32 Å². The number of rotatable bonds is 5. The van der Waals surface area contributed by atoms with Crippen LogP contribution < -0.4 is 10.2 Å². The molecule has 0 spiro atoms. The van der Waals surface area contributed by atoms with Crippen molar-refractivity contribution in [2.24, 2.45) is 0 Å². The maximum Gasteiger partial charge on any atom is 0.239 e. The molecule has 1 amide bonds. The van der Waals surface area contributed by atoms with Gasteiger partial charge in [0.05, 0.1) is 12.6 Å².